The zero-order chi connectivity index (χ0) is 13.8. The van der Waals surface area contributed by atoms with Crippen LogP contribution in [0, 0.1) is 19.8 Å². The highest BCUT2D eigenvalue weighted by Crippen LogP contribution is 2.27. The Balaban J connectivity index is 1.83. The molecule has 1 unspecified atom stereocenters. The number of phenolic OH excluding ortho intramolecular Hbond substituents is 1. The summed E-state index contributed by atoms with van der Waals surface area (Å²) in [6, 6.07) is 3.82. The van der Waals surface area contributed by atoms with Crippen LogP contribution in [-0.2, 0) is 6.54 Å². The maximum absolute atomic E-state index is 10.1. The van der Waals surface area contributed by atoms with Gasteiger partial charge >= 0.3 is 0 Å². The van der Waals surface area contributed by atoms with Crippen molar-refractivity contribution in [1.82, 2.24) is 5.32 Å². The van der Waals surface area contributed by atoms with E-state index in [2.05, 4.69) is 5.32 Å². The standard InChI is InChI=1S/C16H25NO2/c1-11-7-14(15(18)8-12(11)2)9-17-10-16(19)13-5-3-4-6-13/h7-8,13,16-19H,3-6,9-10H2,1-2H3. The zero-order valence-corrected chi connectivity index (χ0v) is 11.9. The van der Waals surface area contributed by atoms with Gasteiger partial charge in [-0.2, -0.15) is 0 Å². The summed E-state index contributed by atoms with van der Waals surface area (Å²) in [7, 11) is 0. The van der Waals surface area contributed by atoms with Crippen LogP contribution in [0.4, 0.5) is 0 Å². The Bertz CT molecular complexity index is 425. The van der Waals surface area contributed by atoms with E-state index in [1.165, 1.54) is 18.4 Å². The number of aliphatic hydroxyl groups excluding tert-OH is 1. The van der Waals surface area contributed by atoms with Crippen LogP contribution in [0.1, 0.15) is 42.4 Å². The Morgan fingerprint density at radius 3 is 2.53 bits per heavy atom. The third-order valence-electron chi connectivity index (χ3n) is 4.31. The normalized spacial score (nSPS) is 17.8. The second-order valence-electron chi connectivity index (χ2n) is 5.81. The zero-order valence-electron chi connectivity index (χ0n) is 11.9. The lowest BCUT2D eigenvalue weighted by Gasteiger charge is -2.18. The second kappa shape index (κ2) is 6.40. The summed E-state index contributed by atoms with van der Waals surface area (Å²) in [5.74, 6) is 0.798. The Labute approximate surface area is 115 Å². The molecule has 1 fully saturated rings. The fourth-order valence-corrected chi connectivity index (χ4v) is 2.87. The van der Waals surface area contributed by atoms with Crippen molar-refractivity contribution in [2.45, 2.75) is 52.2 Å². The SMILES string of the molecule is Cc1cc(O)c(CNCC(O)C2CCCC2)cc1C. The molecule has 0 aromatic heterocycles. The van der Waals surface area contributed by atoms with Crippen LogP contribution in [0.25, 0.3) is 0 Å². The van der Waals surface area contributed by atoms with Crippen LogP contribution < -0.4 is 5.32 Å². The topological polar surface area (TPSA) is 52.5 Å². The first-order valence-corrected chi connectivity index (χ1v) is 7.26. The van der Waals surface area contributed by atoms with Crippen molar-refractivity contribution in [2.75, 3.05) is 6.54 Å². The molecule has 0 saturated heterocycles. The molecule has 1 atom stereocenters. The van der Waals surface area contributed by atoms with Gasteiger partial charge in [0.1, 0.15) is 5.75 Å². The first-order valence-electron chi connectivity index (χ1n) is 7.26. The molecule has 2 rings (SSSR count). The highest BCUT2D eigenvalue weighted by Gasteiger charge is 2.22. The first kappa shape index (κ1) is 14.4. The fourth-order valence-electron chi connectivity index (χ4n) is 2.87. The van der Waals surface area contributed by atoms with Crippen molar-refractivity contribution in [3.05, 3.63) is 28.8 Å². The van der Waals surface area contributed by atoms with Crippen molar-refractivity contribution in [1.29, 1.82) is 0 Å². The molecule has 1 aliphatic carbocycles. The minimum absolute atomic E-state index is 0.254. The third kappa shape index (κ3) is 3.71. The van der Waals surface area contributed by atoms with Gasteiger partial charge in [0.2, 0.25) is 0 Å². The summed E-state index contributed by atoms with van der Waals surface area (Å²) in [6.07, 6.45) is 4.55. The largest absolute Gasteiger partial charge is 0.508 e. The van der Waals surface area contributed by atoms with Gasteiger partial charge in [0.15, 0.2) is 0 Å². The Hall–Kier alpha value is -1.06. The molecule has 3 nitrogen and oxygen atoms in total. The van der Waals surface area contributed by atoms with E-state index >= 15 is 0 Å². The molecule has 0 radical (unpaired) electrons. The predicted octanol–water partition coefficient (Wildman–Crippen LogP) is 2.65. The Morgan fingerprint density at radius 2 is 1.84 bits per heavy atom. The van der Waals surface area contributed by atoms with Crippen molar-refractivity contribution in [3.8, 4) is 5.75 Å². The monoisotopic (exact) mass is 263 g/mol. The highest BCUT2D eigenvalue weighted by atomic mass is 16.3. The van der Waals surface area contributed by atoms with E-state index in [0.717, 1.165) is 24.0 Å². The summed E-state index contributed by atoms with van der Waals surface area (Å²) in [5.41, 5.74) is 3.19. The van der Waals surface area contributed by atoms with Gasteiger partial charge in [0, 0.05) is 18.7 Å². The predicted molar refractivity (Wildman–Crippen MR) is 77.3 cm³/mol. The number of phenols is 1. The van der Waals surface area contributed by atoms with E-state index in [9.17, 15) is 10.2 Å². The van der Waals surface area contributed by atoms with Gasteiger partial charge < -0.3 is 15.5 Å². The maximum atomic E-state index is 10.1. The number of aliphatic hydroxyl groups is 1. The van der Waals surface area contributed by atoms with Crippen molar-refractivity contribution < 1.29 is 10.2 Å². The molecule has 1 aromatic carbocycles. The van der Waals surface area contributed by atoms with Crippen molar-refractivity contribution >= 4 is 0 Å². The number of nitrogens with one attached hydrogen (secondary N) is 1. The summed E-state index contributed by atoms with van der Waals surface area (Å²) in [4.78, 5) is 0. The molecule has 0 spiro atoms. The molecular formula is C16H25NO2. The number of aromatic hydroxyl groups is 1. The Morgan fingerprint density at radius 1 is 1.21 bits per heavy atom. The van der Waals surface area contributed by atoms with Crippen LogP contribution in [0.15, 0.2) is 12.1 Å². The van der Waals surface area contributed by atoms with E-state index in [1.54, 1.807) is 6.07 Å². The second-order valence-corrected chi connectivity index (χ2v) is 5.81. The minimum Gasteiger partial charge on any atom is -0.508 e. The fraction of sp³-hybridized carbons (Fsp3) is 0.625. The van der Waals surface area contributed by atoms with E-state index in [4.69, 9.17) is 0 Å². The first-order chi connectivity index (χ1) is 9.08. The maximum Gasteiger partial charge on any atom is 0.120 e. The smallest absolute Gasteiger partial charge is 0.120 e. The molecule has 3 N–H and O–H groups in total. The molecule has 0 aliphatic heterocycles. The molecular weight excluding hydrogens is 238 g/mol. The lowest BCUT2D eigenvalue weighted by molar-refractivity contribution is 0.109. The van der Waals surface area contributed by atoms with E-state index in [1.807, 2.05) is 19.9 Å². The van der Waals surface area contributed by atoms with Crippen LogP contribution in [-0.4, -0.2) is 22.9 Å². The van der Waals surface area contributed by atoms with Crippen LogP contribution >= 0.6 is 0 Å². The van der Waals surface area contributed by atoms with Crippen LogP contribution in [0.3, 0.4) is 0 Å². The molecule has 106 valence electrons. The summed E-state index contributed by atoms with van der Waals surface area (Å²) >= 11 is 0. The molecule has 1 aromatic rings. The number of hydrogen-bond acceptors (Lipinski definition) is 3. The summed E-state index contributed by atoms with van der Waals surface area (Å²) < 4.78 is 0. The number of hydrogen-bond donors (Lipinski definition) is 3. The number of aryl methyl sites for hydroxylation is 2. The van der Waals surface area contributed by atoms with Gasteiger partial charge in [-0.1, -0.05) is 18.9 Å². The van der Waals surface area contributed by atoms with Crippen molar-refractivity contribution in [3.63, 3.8) is 0 Å². The average molecular weight is 263 g/mol. The molecule has 0 heterocycles. The van der Waals surface area contributed by atoms with Gasteiger partial charge in [-0.05, 0) is 49.8 Å². The summed E-state index contributed by atoms with van der Waals surface area (Å²) in [5, 5.41) is 23.2. The van der Waals surface area contributed by atoms with Gasteiger partial charge in [-0.25, -0.2) is 0 Å². The van der Waals surface area contributed by atoms with E-state index in [-0.39, 0.29) is 6.10 Å². The summed E-state index contributed by atoms with van der Waals surface area (Å²) in [6.45, 7) is 5.26. The van der Waals surface area contributed by atoms with Crippen LogP contribution in [0.2, 0.25) is 0 Å². The molecule has 19 heavy (non-hydrogen) atoms. The number of benzene rings is 1. The third-order valence-corrected chi connectivity index (χ3v) is 4.31. The van der Waals surface area contributed by atoms with Gasteiger partial charge in [0.05, 0.1) is 6.10 Å². The lowest BCUT2D eigenvalue weighted by Crippen LogP contribution is -2.31. The number of rotatable bonds is 5. The van der Waals surface area contributed by atoms with Gasteiger partial charge in [-0.15, -0.1) is 0 Å². The van der Waals surface area contributed by atoms with Crippen molar-refractivity contribution in [2.24, 2.45) is 5.92 Å². The molecule has 0 amide bonds. The Kier molecular flexibility index (Phi) is 4.83. The van der Waals surface area contributed by atoms with Gasteiger partial charge in [-0.3, -0.25) is 0 Å². The average Bonchev–Trinajstić information content (AvgIpc) is 2.89. The molecule has 1 aliphatic rings. The van der Waals surface area contributed by atoms with Gasteiger partial charge in [0.25, 0.3) is 0 Å². The quantitative estimate of drug-likeness (QED) is 0.765. The molecule has 3 heteroatoms. The molecule has 0 bridgehead atoms. The minimum atomic E-state index is -0.254. The van der Waals surface area contributed by atoms with E-state index in [0.29, 0.717) is 24.8 Å². The molecule has 1 saturated carbocycles. The van der Waals surface area contributed by atoms with Crippen LogP contribution in [0.5, 0.6) is 5.75 Å². The highest BCUT2D eigenvalue weighted by molar-refractivity contribution is 5.40. The van der Waals surface area contributed by atoms with E-state index < -0.39 is 0 Å². The lowest BCUT2D eigenvalue weighted by atomic mass is 10.0.